The van der Waals surface area contributed by atoms with Gasteiger partial charge in [0.1, 0.15) is 6.29 Å². The van der Waals surface area contributed by atoms with Gasteiger partial charge in [0.05, 0.1) is 6.04 Å². The molecule has 1 unspecified atom stereocenters. The molecule has 8 heteroatoms. The van der Waals surface area contributed by atoms with E-state index in [2.05, 4.69) is 36.2 Å². The number of carbonyl (C=O) groups excluding carboxylic acids is 2. The number of aromatic nitrogens is 2. The molecule has 0 bridgehead atoms. The first-order valence-corrected chi connectivity index (χ1v) is 13.5. The van der Waals surface area contributed by atoms with Crippen molar-refractivity contribution in [3.63, 3.8) is 0 Å². The van der Waals surface area contributed by atoms with Crippen molar-refractivity contribution in [2.24, 2.45) is 0 Å². The maximum Gasteiger partial charge on any atom is 0.258 e. The third-order valence-electron chi connectivity index (χ3n) is 6.97. The monoisotopic (exact) mass is 565 g/mol. The molecule has 0 saturated carbocycles. The molecule has 0 spiro atoms. The first kappa shape index (κ1) is 28.5. The quantitative estimate of drug-likeness (QED) is 0.201. The molecule has 5 aromatic rings. The molecule has 1 aromatic heterocycles. The lowest BCUT2D eigenvalue weighted by Gasteiger charge is -2.19. The molecule has 5 rings (SSSR count). The van der Waals surface area contributed by atoms with Gasteiger partial charge in [-0.1, -0.05) is 80.5 Å². The minimum atomic E-state index is -0.905. The summed E-state index contributed by atoms with van der Waals surface area (Å²) < 4.78 is 32.3. The zero-order valence-electron chi connectivity index (χ0n) is 23.4. The summed E-state index contributed by atoms with van der Waals surface area (Å²) >= 11 is 0. The van der Waals surface area contributed by atoms with Gasteiger partial charge in [-0.2, -0.15) is 4.98 Å². The van der Waals surface area contributed by atoms with Crippen LogP contribution in [0.3, 0.4) is 0 Å². The summed E-state index contributed by atoms with van der Waals surface area (Å²) in [5.74, 6) is -1.40. The fourth-order valence-electron chi connectivity index (χ4n) is 4.49. The van der Waals surface area contributed by atoms with Gasteiger partial charge in [0.2, 0.25) is 5.82 Å². The van der Waals surface area contributed by atoms with Gasteiger partial charge in [0, 0.05) is 16.7 Å². The summed E-state index contributed by atoms with van der Waals surface area (Å²) in [5.41, 5.74) is 5.13. The number of benzene rings is 4. The maximum absolute atomic E-state index is 13.6. The Hall–Kier alpha value is -4.98. The van der Waals surface area contributed by atoms with Crippen LogP contribution in [0, 0.1) is 11.6 Å². The highest BCUT2D eigenvalue weighted by Crippen LogP contribution is 2.27. The molecule has 0 aliphatic rings. The summed E-state index contributed by atoms with van der Waals surface area (Å²) in [7, 11) is 0. The third-order valence-corrected chi connectivity index (χ3v) is 6.97. The molecule has 0 radical (unpaired) electrons. The predicted molar refractivity (Wildman–Crippen MR) is 157 cm³/mol. The third kappa shape index (κ3) is 6.49. The number of nitrogens with zero attached hydrogens (tertiary/aromatic N) is 2. The summed E-state index contributed by atoms with van der Waals surface area (Å²) in [4.78, 5) is 28.9. The second-order valence-corrected chi connectivity index (χ2v) is 11.1. The second kappa shape index (κ2) is 11.9. The van der Waals surface area contributed by atoms with Crippen molar-refractivity contribution in [3.05, 3.63) is 119 Å². The Kier molecular flexibility index (Phi) is 8.06. The fourth-order valence-corrected chi connectivity index (χ4v) is 4.49. The van der Waals surface area contributed by atoms with Gasteiger partial charge in [-0.25, -0.2) is 8.78 Å². The van der Waals surface area contributed by atoms with Crippen LogP contribution in [-0.4, -0.2) is 28.4 Å². The van der Waals surface area contributed by atoms with Crippen molar-refractivity contribution in [1.82, 2.24) is 15.5 Å². The summed E-state index contributed by atoms with van der Waals surface area (Å²) in [6.07, 6.45) is 1.07. The van der Waals surface area contributed by atoms with Crippen molar-refractivity contribution in [3.8, 4) is 34.0 Å². The number of rotatable bonds is 8. The van der Waals surface area contributed by atoms with Gasteiger partial charge in [-0.15, -0.1) is 0 Å². The van der Waals surface area contributed by atoms with Crippen LogP contribution < -0.4 is 5.32 Å². The number of hydrogen-bond donors (Lipinski definition) is 1. The lowest BCUT2D eigenvalue weighted by molar-refractivity contribution is -0.109. The predicted octanol–water partition coefficient (Wildman–Crippen LogP) is 7.19. The van der Waals surface area contributed by atoms with Gasteiger partial charge >= 0.3 is 0 Å². The smallest absolute Gasteiger partial charge is 0.258 e. The standard InChI is InChI=1S/C34H29F2N3O3/c1-34(2,3)27-15-12-24(13-16-27)32(41)37-28(20-40)18-21-4-6-23(7-5-21)31-38-33(42-39-31)25-10-8-22(9-11-25)26-14-17-29(35)30(36)19-26/h4-17,19-20,28H,18H2,1-3H3,(H,37,41). The Labute approximate surface area is 242 Å². The molecule has 42 heavy (non-hydrogen) atoms. The molecule has 4 aromatic carbocycles. The number of nitrogens with one attached hydrogen (secondary N) is 1. The highest BCUT2D eigenvalue weighted by Gasteiger charge is 2.17. The van der Waals surface area contributed by atoms with Crippen molar-refractivity contribution < 1.29 is 22.9 Å². The first-order chi connectivity index (χ1) is 20.1. The van der Waals surface area contributed by atoms with E-state index in [0.717, 1.165) is 40.7 Å². The lowest BCUT2D eigenvalue weighted by Crippen LogP contribution is -2.37. The largest absolute Gasteiger partial charge is 0.342 e. The zero-order valence-corrected chi connectivity index (χ0v) is 23.4. The van der Waals surface area contributed by atoms with Crippen LogP contribution in [0.2, 0.25) is 0 Å². The van der Waals surface area contributed by atoms with E-state index in [9.17, 15) is 18.4 Å². The second-order valence-electron chi connectivity index (χ2n) is 11.1. The van der Waals surface area contributed by atoms with Crippen LogP contribution in [0.15, 0.2) is 95.5 Å². The van der Waals surface area contributed by atoms with Crippen molar-refractivity contribution >= 4 is 12.2 Å². The van der Waals surface area contributed by atoms with Crippen molar-refractivity contribution in [2.75, 3.05) is 0 Å². The van der Waals surface area contributed by atoms with E-state index in [0.29, 0.717) is 34.8 Å². The average molecular weight is 566 g/mol. The molecular formula is C34H29F2N3O3. The van der Waals surface area contributed by atoms with E-state index in [4.69, 9.17) is 4.52 Å². The highest BCUT2D eigenvalue weighted by atomic mass is 19.2. The number of halogens is 2. The Balaban J connectivity index is 1.22. The molecule has 1 N–H and O–H groups in total. The van der Waals surface area contributed by atoms with E-state index in [-0.39, 0.29) is 11.3 Å². The summed E-state index contributed by atoms with van der Waals surface area (Å²) in [5, 5.41) is 6.87. The Morgan fingerprint density at radius 1 is 0.833 bits per heavy atom. The van der Waals surface area contributed by atoms with Crippen LogP contribution >= 0.6 is 0 Å². The molecule has 212 valence electrons. The number of carbonyl (C=O) groups is 2. The molecule has 1 atom stereocenters. The molecule has 1 amide bonds. The topological polar surface area (TPSA) is 85.1 Å². The summed E-state index contributed by atoms with van der Waals surface area (Å²) in [6.45, 7) is 6.32. The molecule has 0 fully saturated rings. The van der Waals surface area contributed by atoms with Gasteiger partial charge in [-0.05, 0) is 70.5 Å². The number of amides is 1. The molecule has 0 saturated heterocycles. The van der Waals surface area contributed by atoms with Gasteiger partial charge in [0.25, 0.3) is 11.8 Å². The maximum atomic E-state index is 13.6. The zero-order chi connectivity index (χ0) is 29.9. The number of hydrogen-bond acceptors (Lipinski definition) is 5. The molecule has 0 aliphatic heterocycles. The molecule has 6 nitrogen and oxygen atoms in total. The minimum Gasteiger partial charge on any atom is -0.342 e. The Morgan fingerprint density at radius 2 is 1.45 bits per heavy atom. The minimum absolute atomic E-state index is 0.0176. The SMILES string of the molecule is CC(C)(C)c1ccc(C(=O)NC(C=O)Cc2ccc(-c3noc(-c4ccc(-c5ccc(F)c(F)c5)cc4)n3)cc2)cc1. The van der Waals surface area contributed by atoms with Crippen molar-refractivity contribution in [2.45, 2.75) is 38.6 Å². The number of aldehydes is 1. The van der Waals surface area contributed by atoms with E-state index < -0.39 is 17.7 Å². The van der Waals surface area contributed by atoms with E-state index in [1.54, 1.807) is 36.4 Å². The molecule has 0 aliphatic carbocycles. The Morgan fingerprint density at radius 3 is 2.07 bits per heavy atom. The van der Waals surface area contributed by atoms with E-state index in [1.165, 1.54) is 6.07 Å². The van der Waals surface area contributed by atoms with Crippen LogP contribution in [-0.2, 0) is 16.6 Å². The molecule has 1 heterocycles. The van der Waals surface area contributed by atoms with E-state index >= 15 is 0 Å². The van der Waals surface area contributed by atoms with Crippen molar-refractivity contribution in [1.29, 1.82) is 0 Å². The highest BCUT2D eigenvalue weighted by molar-refractivity contribution is 5.95. The van der Waals surface area contributed by atoms with Gasteiger partial charge in [-0.3, -0.25) is 4.79 Å². The molecular weight excluding hydrogens is 536 g/mol. The first-order valence-electron chi connectivity index (χ1n) is 13.5. The fraction of sp³-hybridized carbons (Fsp3) is 0.176. The van der Waals surface area contributed by atoms with Gasteiger partial charge < -0.3 is 14.6 Å². The lowest BCUT2D eigenvalue weighted by atomic mass is 9.86. The van der Waals surface area contributed by atoms with Crippen LogP contribution in [0.1, 0.15) is 42.3 Å². The Bertz CT molecular complexity index is 1710. The van der Waals surface area contributed by atoms with Crippen LogP contribution in [0.25, 0.3) is 34.0 Å². The van der Waals surface area contributed by atoms with Crippen LogP contribution in [0.4, 0.5) is 8.78 Å². The van der Waals surface area contributed by atoms with Gasteiger partial charge in [0.15, 0.2) is 11.6 Å². The van der Waals surface area contributed by atoms with E-state index in [1.807, 2.05) is 36.4 Å². The normalized spacial score (nSPS) is 12.1. The average Bonchev–Trinajstić information content (AvgIpc) is 3.49. The van der Waals surface area contributed by atoms with Crippen LogP contribution in [0.5, 0.6) is 0 Å². The summed E-state index contributed by atoms with van der Waals surface area (Å²) in [6, 6.07) is 24.9.